The summed E-state index contributed by atoms with van der Waals surface area (Å²) in [6.07, 6.45) is 1.76. The first-order valence-corrected chi connectivity index (χ1v) is 6.56. The van der Waals surface area contributed by atoms with Crippen LogP contribution in [0.1, 0.15) is 5.69 Å². The Balaban J connectivity index is 2.20. The van der Waals surface area contributed by atoms with Gasteiger partial charge in [0.1, 0.15) is 0 Å². The lowest BCUT2D eigenvalue weighted by Crippen LogP contribution is -1.91. The number of pyridine rings is 1. The molecule has 0 atom stereocenters. The highest BCUT2D eigenvalue weighted by Gasteiger charge is 2.16. The number of halogens is 1. The smallest absolute Gasteiger partial charge is 0.153 e. The molecule has 4 nitrogen and oxygen atoms in total. The fourth-order valence-corrected chi connectivity index (χ4v) is 2.33. The number of aryl methyl sites for hydroxylation is 1. The van der Waals surface area contributed by atoms with Crippen molar-refractivity contribution in [1.82, 2.24) is 15.2 Å². The lowest BCUT2D eigenvalue weighted by molar-refractivity contribution is 1.09. The van der Waals surface area contributed by atoms with E-state index in [1.165, 1.54) is 0 Å². The summed E-state index contributed by atoms with van der Waals surface area (Å²) in [6, 6.07) is 11.4. The Morgan fingerprint density at radius 1 is 1.15 bits per heavy atom. The van der Waals surface area contributed by atoms with E-state index in [4.69, 9.17) is 17.3 Å². The second kappa shape index (κ2) is 4.98. The lowest BCUT2D eigenvalue weighted by Gasteiger charge is -2.07. The van der Waals surface area contributed by atoms with Gasteiger partial charge < -0.3 is 5.73 Å². The molecule has 20 heavy (non-hydrogen) atoms. The molecule has 0 aliphatic carbocycles. The summed E-state index contributed by atoms with van der Waals surface area (Å²) in [4.78, 5) is 4.30. The van der Waals surface area contributed by atoms with Crippen molar-refractivity contribution in [3.05, 3.63) is 53.3 Å². The maximum absolute atomic E-state index is 6.00. The van der Waals surface area contributed by atoms with E-state index < -0.39 is 0 Å². The van der Waals surface area contributed by atoms with Crippen LogP contribution in [-0.2, 0) is 0 Å². The molecule has 1 aromatic carbocycles. The molecule has 0 bridgehead atoms. The van der Waals surface area contributed by atoms with Gasteiger partial charge in [0.25, 0.3) is 0 Å². The van der Waals surface area contributed by atoms with Crippen molar-refractivity contribution in [2.24, 2.45) is 0 Å². The van der Waals surface area contributed by atoms with E-state index in [0.29, 0.717) is 10.8 Å². The van der Waals surface area contributed by atoms with Crippen LogP contribution in [0.4, 0.5) is 5.82 Å². The Morgan fingerprint density at radius 3 is 2.60 bits per heavy atom. The molecule has 0 aliphatic rings. The van der Waals surface area contributed by atoms with Gasteiger partial charge in [-0.25, -0.2) is 0 Å². The number of rotatable bonds is 2. The van der Waals surface area contributed by atoms with Gasteiger partial charge in [-0.2, -0.15) is 5.10 Å². The van der Waals surface area contributed by atoms with Crippen LogP contribution in [0.25, 0.3) is 22.4 Å². The summed E-state index contributed by atoms with van der Waals surface area (Å²) in [5.41, 5.74) is 10.6. The number of nitrogens with two attached hydrogens (primary N) is 1. The van der Waals surface area contributed by atoms with Crippen molar-refractivity contribution in [3.8, 4) is 22.4 Å². The number of anilines is 1. The number of benzene rings is 1. The second-order valence-electron chi connectivity index (χ2n) is 4.50. The van der Waals surface area contributed by atoms with E-state index in [0.717, 1.165) is 28.1 Å². The molecule has 3 N–H and O–H groups in total. The summed E-state index contributed by atoms with van der Waals surface area (Å²) >= 11 is 5.93. The fourth-order valence-electron chi connectivity index (χ4n) is 2.21. The Labute approximate surface area is 121 Å². The number of nitrogen functional groups attached to an aromatic ring is 1. The third kappa shape index (κ3) is 2.14. The zero-order chi connectivity index (χ0) is 14.1. The lowest BCUT2D eigenvalue weighted by atomic mass is 10.0. The van der Waals surface area contributed by atoms with Gasteiger partial charge in [0.05, 0.1) is 11.3 Å². The van der Waals surface area contributed by atoms with Gasteiger partial charge in [0.2, 0.25) is 0 Å². The standard InChI is InChI=1S/C15H13ClN4/c1-9-12(3-2-8-18-9)14-13(15(17)20-19-14)10-4-6-11(16)7-5-10/h2-8H,1H3,(H3,17,19,20). The molecule has 5 heteroatoms. The normalized spacial score (nSPS) is 10.7. The van der Waals surface area contributed by atoms with Crippen molar-refractivity contribution in [2.75, 3.05) is 5.73 Å². The highest BCUT2D eigenvalue weighted by molar-refractivity contribution is 6.30. The molecular formula is C15H13ClN4. The summed E-state index contributed by atoms with van der Waals surface area (Å²) in [5, 5.41) is 7.81. The molecule has 3 rings (SSSR count). The third-order valence-corrected chi connectivity index (χ3v) is 3.46. The van der Waals surface area contributed by atoms with Crippen LogP contribution in [0.2, 0.25) is 5.02 Å². The minimum atomic E-state index is 0.463. The van der Waals surface area contributed by atoms with E-state index in [2.05, 4.69) is 15.2 Å². The second-order valence-corrected chi connectivity index (χ2v) is 4.94. The first-order chi connectivity index (χ1) is 9.66. The Kier molecular flexibility index (Phi) is 3.16. The Hall–Kier alpha value is -2.33. The number of aromatic nitrogens is 3. The largest absolute Gasteiger partial charge is 0.382 e. The molecule has 3 aromatic rings. The molecule has 0 saturated heterocycles. The highest BCUT2D eigenvalue weighted by atomic mass is 35.5. The van der Waals surface area contributed by atoms with Crippen LogP contribution in [0, 0.1) is 6.92 Å². The maximum atomic E-state index is 6.00. The molecule has 0 saturated carbocycles. The average molecular weight is 285 g/mol. The average Bonchev–Trinajstić information content (AvgIpc) is 2.82. The van der Waals surface area contributed by atoms with Gasteiger partial charge in [-0.1, -0.05) is 23.7 Å². The molecule has 100 valence electrons. The number of hydrogen-bond acceptors (Lipinski definition) is 3. The molecule has 0 spiro atoms. The van der Waals surface area contributed by atoms with E-state index in [9.17, 15) is 0 Å². The quantitative estimate of drug-likeness (QED) is 0.754. The van der Waals surface area contributed by atoms with E-state index >= 15 is 0 Å². The number of aromatic amines is 1. The highest BCUT2D eigenvalue weighted by Crippen LogP contribution is 2.35. The SMILES string of the molecule is Cc1ncccc1-c1[nH]nc(N)c1-c1ccc(Cl)cc1. The van der Waals surface area contributed by atoms with Gasteiger partial charge in [0, 0.05) is 22.5 Å². The summed E-state index contributed by atoms with van der Waals surface area (Å²) in [6.45, 7) is 1.96. The van der Waals surface area contributed by atoms with Gasteiger partial charge in [0.15, 0.2) is 5.82 Å². The van der Waals surface area contributed by atoms with Crippen molar-refractivity contribution >= 4 is 17.4 Å². The first kappa shape index (κ1) is 12.7. The van der Waals surface area contributed by atoms with Crippen LogP contribution < -0.4 is 5.73 Å². The van der Waals surface area contributed by atoms with E-state index in [-0.39, 0.29) is 0 Å². The van der Waals surface area contributed by atoms with Crippen LogP contribution in [0.5, 0.6) is 0 Å². The summed E-state index contributed by atoms with van der Waals surface area (Å²) in [5.74, 6) is 0.463. The molecule has 0 fully saturated rings. The Bertz CT molecular complexity index is 747. The minimum Gasteiger partial charge on any atom is -0.382 e. The molecule has 0 unspecified atom stereocenters. The predicted octanol–water partition coefficient (Wildman–Crippen LogP) is 3.68. The Morgan fingerprint density at radius 2 is 1.90 bits per heavy atom. The predicted molar refractivity (Wildman–Crippen MR) is 81.4 cm³/mol. The molecular weight excluding hydrogens is 272 g/mol. The van der Waals surface area contributed by atoms with Crippen LogP contribution in [0.15, 0.2) is 42.6 Å². The van der Waals surface area contributed by atoms with Gasteiger partial charge in [-0.05, 0) is 36.8 Å². The molecule has 2 aromatic heterocycles. The van der Waals surface area contributed by atoms with Gasteiger partial charge in [-0.3, -0.25) is 10.1 Å². The maximum Gasteiger partial charge on any atom is 0.153 e. The van der Waals surface area contributed by atoms with Crippen molar-refractivity contribution in [1.29, 1.82) is 0 Å². The summed E-state index contributed by atoms with van der Waals surface area (Å²) in [7, 11) is 0. The van der Waals surface area contributed by atoms with Gasteiger partial charge >= 0.3 is 0 Å². The zero-order valence-corrected chi connectivity index (χ0v) is 11.6. The number of nitrogens with one attached hydrogen (secondary N) is 1. The first-order valence-electron chi connectivity index (χ1n) is 6.18. The topological polar surface area (TPSA) is 67.6 Å². The van der Waals surface area contributed by atoms with E-state index in [1.807, 2.05) is 43.3 Å². The number of H-pyrrole nitrogens is 1. The fraction of sp³-hybridized carbons (Fsp3) is 0.0667. The van der Waals surface area contributed by atoms with Crippen LogP contribution in [0.3, 0.4) is 0 Å². The van der Waals surface area contributed by atoms with Crippen molar-refractivity contribution < 1.29 is 0 Å². The number of hydrogen-bond donors (Lipinski definition) is 2. The van der Waals surface area contributed by atoms with Crippen molar-refractivity contribution in [3.63, 3.8) is 0 Å². The van der Waals surface area contributed by atoms with Crippen LogP contribution >= 0.6 is 11.6 Å². The zero-order valence-electron chi connectivity index (χ0n) is 10.9. The van der Waals surface area contributed by atoms with Crippen LogP contribution in [-0.4, -0.2) is 15.2 Å². The number of nitrogens with zero attached hydrogens (tertiary/aromatic N) is 2. The van der Waals surface area contributed by atoms with E-state index in [1.54, 1.807) is 6.20 Å². The minimum absolute atomic E-state index is 0.463. The molecule has 0 amide bonds. The molecule has 0 radical (unpaired) electrons. The third-order valence-electron chi connectivity index (χ3n) is 3.20. The summed E-state index contributed by atoms with van der Waals surface area (Å²) < 4.78 is 0. The van der Waals surface area contributed by atoms with Gasteiger partial charge in [-0.15, -0.1) is 0 Å². The molecule has 0 aliphatic heterocycles. The monoisotopic (exact) mass is 284 g/mol. The van der Waals surface area contributed by atoms with Crippen molar-refractivity contribution in [2.45, 2.75) is 6.92 Å². The molecule has 2 heterocycles.